The van der Waals surface area contributed by atoms with Gasteiger partial charge in [-0.1, -0.05) is 38.1 Å². The molecule has 3 heterocycles. The zero-order valence-electron chi connectivity index (χ0n) is 19.1. The Kier molecular flexibility index (Phi) is 4.98. The number of carbonyl (C=O) groups is 1. The van der Waals surface area contributed by atoms with Gasteiger partial charge in [0.15, 0.2) is 5.84 Å². The van der Waals surface area contributed by atoms with E-state index >= 15 is 0 Å². The SMILES string of the molecule is C[C@@H]1C(=O)NN=C2COc3cc(-c4ccccc4CO)c([C@@H](C)C4(C)CN(C)C4)cc3N21. The minimum Gasteiger partial charge on any atom is -0.483 e. The average molecular weight is 435 g/mol. The van der Waals surface area contributed by atoms with Crippen molar-refractivity contribution in [2.45, 2.75) is 39.3 Å². The monoisotopic (exact) mass is 434 g/mol. The van der Waals surface area contributed by atoms with Crippen LogP contribution in [0.1, 0.15) is 37.8 Å². The van der Waals surface area contributed by atoms with E-state index in [1.165, 1.54) is 5.56 Å². The number of carbonyl (C=O) groups excluding carboxylic acids is 1. The fourth-order valence-corrected chi connectivity index (χ4v) is 5.44. The van der Waals surface area contributed by atoms with Gasteiger partial charge in [-0.3, -0.25) is 4.79 Å². The number of nitrogens with zero attached hydrogens (tertiary/aromatic N) is 3. The third-order valence-electron chi connectivity index (χ3n) is 7.34. The van der Waals surface area contributed by atoms with Crippen molar-refractivity contribution in [3.63, 3.8) is 0 Å². The Bertz CT molecular complexity index is 1110. The number of rotatable bonds is 4. The number of fused-ring (bicyclic) bond motifs is 3. The summed E-state index contributed by atoms with van der Waals surface area (Å²) in [5.41, 5.74) is 7.79. The van der Waals surface area contributed by atoms with Gasteiger partial charge in [0.1, 0.15) is 18.4 Å². The normalized spacial score (nSPS) is 22.7. The molecule has 2 N–H and O–H groups in total. The van der Waals surface area contributed by atoms with Gasteiger partial charge in [0.05, 0.1) is 12.3 Å². The first-order chi connectivity index (χ1) is 15.3. The molecule has 2 atom stereocenters. The van der Waals surface area contributed by atoms with Crippen LogP contribution in [-0.4, -0.2) is 54.5 Å². The maximum absolute atomic E-state index is 12.4. The van der Waals surface area contributed by atoms with E-state index in [9.17, 15) is 9.90 Å². The number of likely N-dealkylation sites (tertiary alicyclic amines) is 1. The highest BCUT2D eigenvalue weighted by Gasteiger charge is 2.43. The highest BCUT2D eigenvalue weighted by Crippen LogP contribution is 2.49. The number of nitrogens with one attached hydrogen (secondary N) is 1. The summed E-state index contributed by atoms with van der Waals surface area (Å²) in [5, 5.41) is 14.2. The topological polar surface area (TPSA) is 77.4 Å². The molecule has 3 aliphatic heterocycles. The summed E-state index contributed by atoms with van der Waals surface area (Å²) in [7, 11) is 2.15. The Morgan fingerprint density at radius 2 is 2.03 bits per heavy atom. The van der Waals surface area contributed by atoms with E-state index in [4.69, 9.17) is 4.74 Å². The van der Waals surface area contributed by atoms with Crippen LogP contribution < -0.4 is 15.1 Å². The molecule has 1 amide bonds. The van der Waals surface area contributed by atoms with Crippen LogP contribution in [-0.2, 0) is 11.4 Å². The summed E-state index contributed by atoms with van der Waals surface area (Å²) in [5.74, 6) is 1.59. The molecule has 0 aliphatic carbocycles. The summed E-state index contributed by atoms with van der Waals surface area (Å²) >= 11 is 0. The molecule has 0 spiro atoms. The van der Waals surface area contributed by atoms with Crippen molar-refractivity contribution in [3.05, 3.63) is 47.5 Å². The van der Waals surface area contributed by atoms with Crippen LogP contribution in [0.4, 0.5) is 5.69 Å². The van der Waals surface area contributed by atoms with Gasteiger partial charge in [-0.25, -0.2) is 5.43 Å². The van der Waals surface area contributed by atoms with E-state index in [0.717, 1.165) is 41.2 Å². The molecular formula is C25H30N4O3. The molecule has 0 aromatic heterocycles. The lowest BCUT2D eigenvalue weighted by atomic mass is 9.68. The lowest BCUT2D eigenvalue weighted by molar-refractivity contribution is -0.122. The first kappa shape index (κ1) is 21.0. The van der Waals surface area contributed by atoms with Crippen LogP contribution in [0, 0.1) is 5.41 Å². The molecule has 7 heteroatoms. The number of amidine groups is 1. The number of hydrazone groups is 1. The maximum Gasteiger partial charge on any atom is 0.262 e. The second kappa shape index (κ2) is 7.60. The first-order valence-electron chi connectivity index (χ1n) is 11.2. The van der Waals surface area contributed by atoms with Crippen molar-refractivity contribution in [1.82, 2.24) is 10.3 Å². The largest absolute Gasteiger partial charge is 0.483 e. The summed E-state index contributed by atoms with van der Waals surface area (Å²) in [4.78, 5) is 16.7. The van der Waals surface area contributed by atoms with E-state index in [1.54, 1.807) is 0 Å². The molecule has 5 rings (SSSR count). The molecule has 2 aromatic rings. The zero-order chi connectivity index (χ0) is 22.6. The Morgan fingerprint density at radius 3 is 2.75 bits per heavy atom. The summed E-state index contributed by atoms with van der Waals surface area (Å²) in [6.07, 6.45) is 0. The minimum absolute atomic E-state index is 0.0257. The number of hydrogen-bond donors (Lipinski definition) is 2. The number of aliphatic hydroxyl groups is 1. The number of amides is 1. The smallest absolute Gasteiger partial charge is 0.262 e. The fourth-order valence-electron chi connectivity index (χ4n) is 5.44. The summed E-state index contributed by atoms with van der Waals surface area (Å²) in [6, 6.07) is 11.9. The average Bonchev–Trinajstić information content (AvgIpc) is 2.78. The van der Waals surface area contributed by atoms with Crippen LogP contribution in [0.3, 0.4) is 0 Å². The Balaban J connectivity index is 1.70. The maximum atomic E-state index is 12.4. The Hall–Kier alpha value is -2.90. The lowest BCUT2D eigenvalue weighted by Crippen LogP contribution is -2.56. The molecule has 7 nitrogen and oxygen atoms in total. The second-order valence-electron chi connectivity index (χ2n) is 9.61. The van der Waals surface area contributed by atoms with Crippen molar-refractivity contribution in [2.24, 2.45) is 10.5 Å². The molecule has 3 aliphatic rings. The zero-order valence-corrected chi connectivity index (χ0v) is 19.1. The van der Waals surface area contributed by atoms with E-state index in [0.29, 0.717) is 12.4 Å². The van der Waals surface area contributed by atoms with Gasteiger partial charge in [0.25, 0.3) is 5.91 Å². The highest BCUT2D eigenvalue weighted by atomic mass is 16.5. The third-order valence-corrected chi connectivity index (χ3v) is 7.34. The van der Waals surface area contributed by atoms with Gasteiger partial charge in [-0.2, -0.15) is 5.10 Å². The van der Waals surface area contributed by atoms with Gasteiger partial charge in [-0.15, -0.1) is 0 Å². The molecular weight excluding hydrogens is 404 g/mol. The van der Waals surface area contributed by atoms with Crippen molar-refractivity contribution in [3.8, 4) is 16.9 Å². The predicted octanol–water partition coefficient (Wildman–Crippen LogP) is 2.93. The van der Waals surface area contributed by atoms with Crippen LogP contribution in [0.2, 0.25) is 0 Å². The van der Waals surface area contributed by atoms with E-state index in [-0.39, 0.29) is 29.9 Å². The molecule has 0 unspecified atom stereocenters. The van der Waals surface area contributed by atoms with E-state index in [1.807, 2.05) is 30.0 Å². The summed E-state index contributed by atoms with van der Waals surface area (Å²) < 4.78 is 6.10. The molecule has 2 aromatic carbocycles. The molecule has 1 fully saturated rings. The Labute approximate surface area is 188 Å². The van der Waals surface area contributed by atoms with E-state index < -0.39 is 0 Å². The first-order valence-corrected chi connectivity index (χ1v) is 11.2. The number of aliphatic hydroxyl groups excluding tert-OH is 1. The Morgan fingerprint density at radius 1 is 1.28 bits per heavy atom. The number of benzene rings is 2. The van der Waals surface area contributed by atoms with Crippen molar-refractivity contribution in [1.29, 1.82) is 0 Å². The molecule has 32 heavy (non-hydrogen) atoms. The van der Waals surface area contributed by atoms with Crippen LogP contribution in [0.25, 0.3) is 11.1 Å². The van der Waals surface area contributed by atoms with E-state index in [2.05, 4.69) is 54.5 Å². The van der Waals surface area contributed by atoms with Crippen molar-refractivity contribution in [2.75, 3.05) is 31.6 Å². The number of anilines is 1. The minimum atomic E-state index is -0.366. The molecule has 0 bridgehead atoms. The van der Waals surface area contributed by atoms with Crippen LogP contribution >= 0.6 is 0 Å². The molecule has 1 saturated heterocycles. The number of ether oxygens (including phenoxy) is 1. The molecule has 168 valence electrons. The van der Waals surface area contributed by atoms with Gasteiger partial charge in [-0.05, 0) is 59.7 Å². The highest BCUT2D eigenvalue weighted by molar-refractivity contribution is 6.09. The van der Waals surface area contributed by atoms with Crippen molar-refractivity contribution < 1.29 is 14.6 Å². The molecule has 0 saturated carbocycles. The third kappa shape index (κ3) is 3.19. The van der Waals surface area contributed by atoms with Crippen LogP contribution in [0.5, 0.6) is 5.75 Å². The standard InChI is InChI=1S/C25H30N4O3/c1-15(25(3)13-28(4)14-25)19-9-21-22(10-20(19)18-8-6-5-7-17(18)11-30)32-12-23-26-27-24(31)16(2)29(21)23/h5-10,15-16,30H,11-14H2,1-4H3,(H,27,31)/t15-,16-/m1/s1. The van der Waals surface area contributed by atoms with Crippen LogP contribution in [0.15, 0.2) is 41.5 Å². The predicted molar refractivity (Wildman–Crippen MR) is 125 cm³/mol. The van der Waals surface area contributed by atoms with Gasteiger partial charge < -0.3 is 19.6 Å². The van der Waals surface area contributed by atoms with Gasteiger partial charge in [0, 0.05) is 13.1 Å². The quantitative estimate of drug-likeness (QED) is 0.774. The van der Waals surface area contributed by atoms with Crippen molar-refractivity contribution >= 4 is 17.4 Å². The van der Waals surface area contributed by atoms with Gasteiger partial charge in [0.2, 0.25) is 0 Å². The molecule has 0 radical (unpaired) electrons. The number of hydrogen-bond acceptors (Lipinski definition) is 6. The fraction of sp³-hybridized carbons (Fsp3) is 0.440. The van der Waals surface area contributed by atoms with Gasteiger partial charge >= 0.3 is 0 Å². The second-order valence-corrected chi connectivity index (χ2v) is 9.61. The summed E-state index contributed by atoms with van der Waals surface area (Å²) in [6.45, 7) is 8.83. The lowest BCUT2D eigenvalue weighted by Gasteiger charge is -2.51.